The van der Waals surface area contributed by atoms with Gasteiger partial charge in [0, 0.05) is 19.4 Å². The minimum atomic E-state index is -5.21. The monoisotopic (exact) mass is 1270 g/mol. The van der Waals surface area contributed by atoms with Crippen LogP contribution in [0.2, 0.25) is 0 Å². The number of ether oxygens (including phenoxy) is 11. The number of cyclic esters (lactones) is 1. The summed E-state index contributed by atoms with van der Waals surface area (Å²) >= 11 is 0. The maximum Gasteiger partial charge on any atom is 0.397 e. The Hall–Kier alpha value is -2.48. The number of aliphatic hydroxyl groups is 7. The molecule has 9 N–H and O–H groups in total. The first-order valence-electron chi connectivity index (χ1n) is 29.4. The molecule has 5 aliphatic heterocycles. The normalized spacial score (nSPS) is 48.5. The molecule has 0 amide bonds. The van der Waals surface area contributed by atoms with Crippen molar-refractivity contribution >= 4 is 32.7 Å². The molecule has 3 saturated carbocycles. The Bertz CT molecular complexity index is 2750. The highest BCUT2D eigenvalue weighted by Crippen LogP contribution is 2.77. The topological polar surface area (TPSA) is 404 Å². The van der Waals surface area contributed by atoms with Crippen LogP contribution >= 0.6 is 0 Å². The third-order valence-corrected chi connectivity index (χ3v) is 21.7. The number of fused-ring (bicyclic) bond motifs is 4. The van der Waals surface area contributed by atoms with Crippen molar-refractivity contribution in [3.63, 3.8) is 0 Å². The van der Waals surface area contributed by atoms with E-state index in [2.05, 4.69) is 44.5 Å². The van der Waals surface area contributed by atoms with Crippen LogP contribution in [0.25, 0.3) is 0 Å². The van der Waals surface area contributed by atoms with Gasteiger partial charge in [0.05, 0.1) is 42.9 Å². The maximum absolute atomic E-state index is 14.7. The quantitative estimate of drug-likeness (QED) is 0.0491. The summed E-state index contributed by atoms with van der Waals surface area (Å²) in [6, 6.07) is 0. The summed E-state index contributed by atoms with van der Waals surface area (Å²) in [6.45, 7) is 18.9. The Morgan fingerprint density at radius 1 is 0.721 bits per heavy atom. The second kappa shape index (κ2) is 24.9. The van der Waals surface area contributed by atoms with E-state index in [1.807, 2.05) is 13.8 Å². The molecule has 9 rings (SSSR count). The van der Waals surface area contributed by atoms with Gasteiger partial charge < -0.3 is 87.9 Å². The zero-order valence-electron chi connectivity index (χ0n) is 50.0. The zero-order valence-corrected chi connectivity index (χ0v) is 51.7. The summed E-state index contributed by atoms with van der Waals surface area (Å²) in [7, 11) is -9.17. The number of rotatable bonds is 19. The average Bonchev–Trinajstić information content (AvgIpc) is 1.46. The van der Waals surface area contributed by atoms with Crippen LogP contribution in [-0.4, -0.2) is 228 Å². The van der Waals surface area contributed by atoms with Gasteiger partial charge in [-0.3, -0.25) is 18.7 Å². The highest BCUT2D eigenvalue weighted by Gasteiger charge is 2.79. The highest BCUT2D eigenvalue weighted by atomic mass is 32.3. The molecule has 28 atom stereocenters. The molecule has 4 aliphatic carbocycles. The number of hydrogen-bond acceptors (Lipinski definition) is 26. The van der Waals surface area contributed by atoms with Gasteiger partial charge in [-0.1, -0.05) is 44.9 Å². The molecule has 8 fully saturated rings. The van der Waals surface area contributed by atoms with Crippen molar-refractivity contribution in [2.75, 3.05) is 20.3 Å². The van der Waals surface area contributed by atoms with Crippen molar-refractivity contribution in [3.8, 4) is 0 Å². The minimum absolute atomic E-state index is 0.00852. The number of methoxy groups -OCH3 is 1. The van der Waals surface area contributed by atoms with Gasteiger partial charge in [-0.25, -0.2) is 8.37 Å². The van der Waals surface area contributed by atoms with Crippen LogP contribution < -0.4 is 0 Å². The molecule has 9 aliphatic rings. The SMILES string of the molecule is C=C(C)CCC[C@]1(C)OC(=O)[C@]23CC[C@@H]4C(=CC[C@H]5C(C)(C)[C@@H](O[C@@H]6OC[C@@H](OS(=O)(=O)O)[C@H](O)[C@H]6O[C@@H]6O[C@H](C)[C@@H](O[C@@H]7O[C@H](COS(=O)(=O)O)[C@@H](O)[C@H](O[C@@H]8O[C@H](C)[C@@H](O)[C@H](OC)[C@H]8O)[C@H]7O)[C@H](O)[C@H]6O)CC[C@]45C)[C@]2(C)C[C@H](OC(C)=O)[C@@H]31. The molecule has 86 heavy (non-hydrogen) atoms. The smallest absolute Gasteiger partial charge is 0.397 e. The van der Waals surface area contributed by atoms with E-state index in [0.29, 0.717) is 44.9 Å². The fourth-order valence-corrected chi connectivity index (χ4v) is 17.5. The molecular weight excluding hydrogens is 1180 g/mol. The summed E-state index contributed by atoms with van der Waals surface area (Å²) in [5.74, 6) is -1.11. The fourth-order valence-electron chi connectivity index (χ4n) is 16.7. The Balaban J connectivity index is 0.927. The molecule has 5 heterocycles. The van der Waals surface area contributed by atoms with E-state index in [0.717, 1.165) is 24.0 Å². The Labute approximate surface area is 500 Å². The molecule has 1 spiro atoms. The van der Waals surface area contributed by atoms with Crippen molar-refractivity contribution in [3.05, 3.63) is 23.8 Å². The van der Waals surface area contributed by atoms with Gasteiger partial charge in [-0.05, 0) is 108 Å². The van der Waals surface area contributed by atoms with E-state index in [1.165, 1.54) is 27.9 Å². The first kappa shape index (κ1) is 67.9. The summed E-state index contributed by atoms with van der Waals surface area (Å²) in [4.78, 5) is 27.5. The van der Waals surface area contributed by atoms with E-state index in [4.69, 9.17) is 56.3 Å². The highest BCUT2D eigenvalue weighted by molar-refractivity contribution is 7.81. The fraction of sp³-hybridized carbons (Fsp3) is 0.893. The predicted octanol–water partition coefficient (Wildman–Crippen LogP) is 0.836. The van der Waals surface area contributed by atoms with Crippen molar-refractivity contribution in [2.45, 2.75) is 255 Å². The molecule has 0 radical (unpaired) electrons. The number of carbonyl (C=O) groups is 2. The summed E-state index contributed by atoms with van der Waals surface area (Å²) in [6.07, 6.45) is -26.6. The molecule has 0 aromatic carbocycles. The standard InChI is InChI=1S/C56H88O28S2/c1-24(2)13-12-18-55(10)46-30(77-27(5)57)21-54(9)29-14-15-33-52(6,7)34(17-19-53(33,8)28(29)16-20-56(46,54)51(65)83-55)79-50-45(37(60)32(22-73-50)84-86(69,70)71)82-47-39(62)38(61)42(26(4)76-47)80-49-41(64)44(36(59)31(78-49)23-74-85(66,67)68)81-48-40(63)43(72-11)35(58)25(3)75-48/h14,25-26,28,30-50,58-64H,1,12-13,15-23H2,2-11H3,(H,66,67,68)(H,69,70,71)/t25-,26-,28-,30+,31-,32-,33+,34+,35-,36-,37+,38-,39-,40-,41-,42-,43+,44+,45-,46-,47+,48+,49+,50+,53-,54+,55+,56-/m1/s1. The molecule has 0 aromatic rings. The van der Waals surface area contributed by atoms with Crippen LogP contribution in [0.3, 0.4) is 0 Å². The van der Waals surface area contributed by atoms with E-state index in [9.17, 15) is 71.3 Å². The first-order chi connectivity index (χ1) is 39.9. The molecular formula is C56H88O28S2. The van der Waals surface area contributed by atoms with Crippen LogP contribution in [0.5, 0.6) is 0 Å². The lowest BCUT2D eigenvalue weighted by Crippen LogP contribution is -2.67. The van der Waals surface area contributed by atoms with Gasteiger partial charge >= 0.3 is 32.7 Å². The number of aliphatic hydroxyl groups excluding tert-OH is 7. The Morgan fingerprint density at radius 2 is 1.35 bits per heavy atom. The number of carbonyl (C=O) groups excluding carboxylic acids is 2. The van der Waals surface area contributed by atoms with Crippen LogP contribution in [0.15, 0.2) is 23.8 Å². The lowest BCUT2D eigenvalue weighted by Gasteiger charge is -2.64. The number of esters is 2. The molecule has 0 unspecified atom stereocenters. The lowest BCUT2D eigenvalue weighted by molar-refractivity contribution is -0.388. The van der Waals surface area contributed by atoms with Gasteiger partial charge in [0.15, 0.2) is 25.2 Å². The summed E-state index contributed by atoms with van der Waals surface area (Å²) in [5.41, 5.74) is -1.36. The third-order valence-electron chi connectivity index (χ3n) is 20.8. The van der Waals surface area contributed by atoms with Crippen LogP contribution in [-0.2, 0) is 90.9 Å². The molecule has 28 nitrogen and oxygen atoms in total. The summed E-state index contributed by atoms with van der Waals surface area (Å²) < 4.78 is 142. The van der Waals surface area contributed by atoms with E-state index in [-0.39, 0.29) is 29.1 Å². The van der Waals surface area contributed by atoms with Crippen LogP contribution in [0.4, 0.5) is 0 Å². The number of allylic oxidation sites excluding steroid dienone is 3. The van der Waals surface area contributed by atoms with Crippen molar-refractivity contribution < 1.29 is 132 Å². The molecule has 30 heteroatoms. The van der Waals surface area contributed by atoms with Gasteiger partial charge in [0.1, 0.15) is 91.1 Å². The largest absolute Gasteiger partial charge is 0.462 e. The van der Waals surface area contributed by atoms with Crippen LogP contribution in [0, 0.1) is 39.4 Å². The molecule has 5 saturated heterocycles. The maximum atomic E-state index is 14.7. The van der Waals surface area contributed by atoms with Crippen molar-refractivity contribution in [1.29, 1.82) is 0 Å². The van der Waals surface area contributed by atoms with Crippen LogP contribution in [0.1, 0.15) is 120 Å². The van der Waals surface area contributed by atoms with Gasteiger partial charge in [-0.15, -0.1) is 6.58 Å². The van der Waals surface area contributed by atoms with E-state index < -0.39 is 191 Å². The zero-order chi connectivity index (χ0) is 63.3. The van der Waals surface area contributed by atoms with Crippen molar-refractivity contribution in [2.24, 2.45) is 39.4 Å². The second-order valence-corrected chi connectivity index (χ2v) is 28.7. The number of hydrogen-bond donors (Lipinski definition) is 9. The van der Waals surface area contributed by atoms with Gasteiger partial charge in [-0.2, -0.15) is 16.8 Å². The first-order valence-corrected chi connectivity index (χ1v) is 32.2. The van der Waals surface area contributed by atoms with Gasteiger partial charge in [0.25, 0.3) is 0 Å². The molecule has 0 aromatic heterocycles. The predicted molar refractivity (Wildman–Crippen MR) is 291 cm³/mol. The Kier molecular flexibility index (Phi) is 19.6. The Morgan fingerprint density at radius 3 is 1.99 bits per heavy atom. The second-order valence-electron chi connectivity index (χ2n) is 26.6. The molecule has 492 valence electrons. The molecule has 0 bridgehead atoms. The third kappa shape index (κ3) is 12.4. The van der Waals surface area contributed by atoms with Gasteiger partial charge in [0.2, 0.25) is 0 Å². The minimum Gasteiger partial charge on any atom is -0.462 e. The average molecular weight is 1270 g/mol. The summed E-state index contributed by atoms with van der Waals surface area (Å²) in [5, 5.41) is 79.8. The lowest BCUT2D eigenvalue weighted by atomic mass is 9.41. The van der Waals surface area contributed by atoms with Crippen molar-refractivity contribution in [1.82, 2.24) is 0 Å². The van der Waals surface area contributed by atoms with E-state index >= 15 is 0 Å². The van der Waals surface area contributed by atoms with E-state index in [1.54, 1.807) is 0 Å².